The minimum atomic E-state index is -0.486. The van der Waals surface area contributed by atoms with Crippen LogP contribution in [-0.4, -0.2) is 25.0 Å². The fraction of sp³-hybridized carbons (Fsp3) is 0. The second-order valence-electron chi connectivity index (χ2n) is 3.48. The summed E-state index contributed by atoms with van der Waals surface area (Å²) < 4.78 is 1.33. The molecular formula is C10H7N5O2. The molecule has 0 bridgehead atoms. The molecule has 17 heavy (non-hydrogen) atoms. The summed E-state index contributed by atoms with van der Waals surface area (Å²) in [5, 5.41) is 10.3. The Labute approximate surface area is 93.7 Å². The molecule has 0 spiro atoms. The van der Waals surface area contributed by atoms with Crippen molar-refractivity contribution in [3.8, 4) is 5.69 Å². The van der Waals surface area contributed by atoms with Gasteiger partial charge in [0, 0.05) is 12.3 Å². The predicted octanol–water partition coefficient (Wildman–Crippen LogP) is -0.203. The Morgan fingerprint density at radius 1 is 1.06 bits per heavy atom. The number of fused-ring (bicyclic) bond motifs is 1. The molecule has 0 atom stereocenters. The monoisotopic (exact) mass is 229 g/mol. The normalized spacial score (nSPS) is 10.8. The van der Waals surface area contributed by atoms with Crippen LogP contribution in [0.4, 0.5) is 0 Å². The predicted molar refractivity (Wildman–Crippen MR) is 60.1 cm³/mol. The van der Waals surface area contributed by atoms with Crippen molar-refractivity contribution >= 4 is 11.0 Å². The standard InChI is InChI=1S/C10H7N5O2/c16-9-3-4-15(10(17)11-9)6-1-2-7-8(5-6)13-14-12-7/h1-5H,(H,11,16,17)(H,12,13,14). The van der Waals surface area contributed by atoms with Crippen molar-refractivity contribution < 1.29 is 0 Å². The molecule has 0 fully saturated rings. The molecule has 1 aromatic carbocycles. The van der Waals surface area contributed by atoms with Gasteiger partial charge in [-0.1, -0.05) is 0 Å². The Hall–Kier alpha value is -2.70. The van der Waals surface area contributed by atoms with Crippen molar-refractivity contribution in [1.82, 2.24) is 25.0 Å². The van der Waals surface area contributed by atoms with Crippen LogP contribution in [0.25, 0.3) is 16.7 Å². The maximum Gasteiger partial charge on any atom is 0.332 e. The van der Waals surface area contributed by atoms with Crippen molar-refractivity contribution in [3.63, 3.8) is 0 Å². The molecule has 2 heterocycles. The van der Waals surface area contributed by atoms with E-state index in [2.05, 4.69) is 20.4 Å². The number of hydrogen-bond acceptors (Lipinski definition) is 4. The molecule has 0 aliphatic heterocycles. The van der Waals surface area contributed by atoms with Crippen molar-refractivity contribution in [1.29, 1.82) is 0 Å². The van der Waals surface area contributed by atoms with Crippen molar-refractivity contribution in [3.05, 3.63) is 51.3 Å². The minimum absolute atomic E-state index is 0.422. The Bertz CT molecular complexity index is 798. The average Bonchev–Trinajstić information content (AvgIpc) is 2.75. The first-order chi connectivity index (χ1) is 8.24. The lowest BCUT2D eigenvalue weighted by molar-refractivity contribution is 0.897. The van der Waals surface area contributed by atoms with Gasteiger partial charge in [0.15, 0.2) is 0 Å². The van der Waals surface area contributed by atoms with E-state index >= 15 is 0 Å². The van der Waals surface area contributed by atoms with Crippen LogP contribution in [0, 0.1) is 0 Å². The first-order valence-corrected chi connectivity index (χ1v) is 4.87. The molecular weight excluding hydrogens is 222 g/mol. The molecule has 0 amide bonds. The van der Waals surface area contributed by atoms with E-state index in [1.54, 1.807) is 18.2 Å². The Morgan fingerprint density at radius 2 is 1.88 bits per heavy atom. The van der Waals surface area contributed by atoms with Gasteiger partial charge in [-0.25, -0.2) is 4.79 Å². The summed E-state index contributed by atoms with van der Waals surface area (Å²) in [6, 6.07) is 6.46. The highest BCUT2D eigenvalue weighted by Gasteiger charge is 2.03. The lowest BCUT2D eigenvalue weighted by atomic mass is 10.2. The van der Waals surface area contributed by atoms with Crippen LogP contribution in [-0.2, 0) is 0 Å². The molecule has 2 N–H and O–H groups in total. The maximum atomic E-state index is 11.6. The van der Waals surface area contributed by atoms with Crippen LogP contribution in [0.2, 0.25) is 0 Å². The van der Waals surface area contributed by atoms with E-state index in [1.807, 2.05) is 0 Å². The van der Waals surface area contributed by atoms with Crippen molar-refractivity contribution in [2.45, 2.75) is 0 Å². The molecule has 0 saturated carbocycles. The Kier molecular flexibility index (Phi) is 1.91. The van der Waals surface area contributed by atoms with E-state index in [-0.39, 0.29) is 0 Å². The quantitative estimate of drug-likeness (QED) is 0.603. The van der Waals surface area contributed by atoms with E-state index < -0.39 is 11.2 Å². The number of rotatable bonds is 1. The first-order valence-electron chi connectivity index (χ1n) is 4.87. The van der Waals surface area contributed by atoms with Gasteiger partial charge in [-0.05, 0) is 18.2 Å². The Balaban J connectivity index is 2.26. The van der Waals surface area contributed by atoms with E-state index in [0.29, 0.717) is 16.7 Å². The summed E-state index contributed by atoms with van der Waals surface area (Å²) in [4.78, 5) is 24.7. The number of aromatic nitrogens is 5. The molecule has 3 rings (SSSR count). The third-order valence-corrected chi connectivity index (χ3v) is 2.40. The minimum Gasteiger partial charge on any atom is -0.274 e. The van der Waals surface area contributed by atoms with E-state index in [9.17, 15) is 9.59 Å². The summed E-state index contributed by atoms with van der Waals surface area (Å²) >= 11 is 0. The van der Waals surface area contributed by atoms with Gasteiger partial charge in [-0.15, -0.1) is 0 Å². The molecule has 0 unspecified atom stereocenters. The smallest absolute Gasteiger partial charge is 0.274 e. The zero-order chi connectivity index (χ0) is 11.8. The Morgan fingerprint density at radius 3 is 2.71 bits per heavy atom. The summed E-state index contributed by atoms with van der Waals surface area (Å²) in [6.45, 7) is 0. The fourth-order valence-corrected chi connectivity index (χ4v) is 1.60. The third kappa shape index (κ3) is 1.53. The van der Waals surface area contributed by atoms with Crippen LogP contribution in [0.15, 0.2) is 40.1 Å². The van der Waals surface area contributed by atoms with Crippen LogP contribution in [0.3, 0.4) is 0 Å². The molecule has 0 saturated heterocycles. The highest BCUT2D eigenvalue weighted by atomic mass is 16.2. The van der Waals surface area contributed by atoms with Crippen LogP contribution < -0.4 is 11.2 Å². The largest absolute Gasteiger partial charge is 0.332 e. The molecule has 3 aromatic rings. The lowest BCUT2D eigenvalue weighted by Crippen LogP contribution is -2.27. The molecule has 0 aliphatic carbocycles. The number of benzene rings is 1. The molecule has 2 aromatic heterocycles. The molecule has 84 valence electrons. The summed E-state index contributed by atoms with van der Waals surface area (Å²) in [7, 11) is 0. The first kappa shape index (κ1) is 9.52. The maximum absolute atomic E-state index is 11.6. The van der Waals surface area contributed by atoms with Gasteiger partial charge >= 0.3 is 5.69 Å². The van der Waals surface area contributed by atoms with Crippen LogP contribution in [0.1, 0.15) is 0 Å². The summed E-state index contributed by atoms with van der Waals surface area (Å²) in [6.07, 6.45) is 1.42. The summed E-state index contributed by atoms with van der Waals surface area (Å²) in [5.41, 5.74) is 1.08. The average molecular weight is 229 g/mol. The number of hydrogen-bond donors (Lipinski definition) is 2. The SMILES string of the molecule is O=c1ccn(-c2ccc3n[nH]nc3c2)c(=O)[nH]1. The second kappa shape index (κ2) is 3.41. The number of nitrogens with zero attached hydrogens (tertiary/aromatic N) is 3. The van der Waals surface area contributed by atoms with Gasteiger partial charge < -0.3 is 0 Å². The number of aromatic amines is 2. The molecule has 0 radical (unpaired) electrons. The van der Waals surface area contributed by atoms with Crippen molar-refractivity contribution in [2.24, 2.45) is 0 Å². The highest BCUT2D eigenvalue weighted by Crippen LogP contribution is 2.12. The zero-order valence-electron chi connectivity index (χ0n) is 8.54. The highest BCUT2D eigenvalue weighted by molar-refractivity contribution is 5.75. The fourth-order valence-electron chi connectivity index (χ4n) is 1.60. The van der Waals surface area contributed by atoms with E-state index in [0.717, 1.165) is 0 Å². The van der Waals surface area contributed by atoms with Crippen LogP contribution >= 0.6 is 0 Å². The van der Waals surface area contributed by atoms with Gasteiger partial charge in [0.1, 0.15) is 11.0 Å². The lowest BCUT2D eigenvalue weighted by Gasteiger charge is -2.03. The molecule has 0 aliphatic rings. The van der Waals surface area contributed by atoms with Gasteiger partial charge in [-0.2, -0.15) is 15.4 Å². The van der Waals surface area contributed by atoms with Crippen molar-refractivity contribution in [2.75, 3.05) is 0 Å². The number of H-pyrrole nitrogens is 2. The molecule has 7 heteroatoms. The van der Waals surface area contributed by atoms with E-state index in [1.165, 1.54) is 16.8 Å². The molecule has 7 nitrogen and oxygen atoms in total. The summed E-state index contributed by atoms with van der Waals surface area (Å²) in [5.74, 6) is 0. The zero-order valence-corrected chi connectivity index (χ0v) is 8.54. The second-order valence-corrected chi connectivity index (χ2v) is 3.48. The third-order valence-electron chi connectivity index (χ3n) is 2.40. The van der Waals surface area contributed by atoms with E-state index in [4.69, 9.17) is 0 Å². The topological polar surface area (TPSA) is 96.4 Å². The van der Waals surface area contributed by atoms with Gasteiger partial charge in [-0.3, -0.25) is 14.3 Å². The van der Waals surface area contributed by atoms with Gasteiger partial charge in [0.05, 0.1) is 5.69 Å². The van der Waals surface area contributed by atoms with Gasteiger partial charge in [0.2, 0.25) is 0 Å². The number of nitrogens with one attached hydrogen (secondary N) is 2. The van der Waals surface area contributed by atoms with Crippen LogP contribution in [0.5, 0.6) is 0 Å². The van der Waals surface area contributed by atoms with Gasteiger partial charge in [0.25, 0.3) is 5.56 Å².